The molecule has 0 aliphatic rings. The van der Waals surface area contributed by atoms with Gasteiger partial charge >= 0.3 is 0 Å². The molecule has 2 aromatic rings. The largest absolute Gasteiger partial charge is 0.324 e. The maximum Gasteiger partial charge on any atom is 0.123 e. The second-order valence-electron chi connectivity index (χ2n) is 4.03. The van der Waals surface area contributed by atoms with Crippen LogP contribution in [-0.4, -0.2) is 0 Å². The van der Waals surface area contributed by atoms with Crippen molar-refractivity contribution in [2.75, 3.05) is 0 Å². The first-order valence-corrected chi connectivity index (χ1v) is 7.15. The molecule has 0 heterocycles. The highest BCUT2D eigenvalue weighted by Gasteiger charge is 2.09. The van der Waals surface area contributed by atoms with Gasteiger partial charge in [-0.15, -0.1) is 0 Å². The van der Waals surface area contributed by atoms with Crippen molar-refractivity contribution in [2.24, 2.45) is 5.73 Å². The van der Waals surface area contributed by atoms with E-state index in [0.29, 0.717) is 0 Å². The lowest BCUT2D eigenvalue weighted by atomic mass is 10.1. The summed E-state index contributed by atoms with van der Waals surface area (Å²) in [6, 6.07) is 12.6. The van der Waals surface area contributed by atoms with E-state index in [-0.39, 0.29) is 11.9 Å². The van der Waals surface area contributed by atoms with Gasteiger partial charge in [-0.1, -0.05) is 27.7 Å². The van der Waals surface area contributed by atoms with Gasteiger partial charge in [0.15, 0.2) is 0 Å². The average molecular weight is 326 g/mol. The molecule has 4 heteroatoms. The molecule has 0 aromatic heterocycles. The summed E-state index contributed by atoms with van der Waals surface area (Å²) in [6.07, 6.45) is 0. The molecule has 18 heavy (non-hydrogen) atoms. The molecule has 0 amide bonds. The first kappa shape index (κ1) is 13.6. The van der Waals surface area contributed by atoms with Crippen LogP contribution in [0.1, 0.15) is 18.5 Å². The van der Waals surface area contributed by atoms with Crippen molar-refractivity contribution in [3.8, 4) is 0 Å². The fourth-order valence-corrected chi connectivity index (χ4v) is 2.89. The van der Waals surface area contributed by atoms with Crippen molar-refractivity contribution in [1.29, 1.82) is 0 Å². The lowest BCUT2D eigenvalue weighted by Gasteiger charge is -2.12. The van der Waals surface area contributed by atoms with Gasteiger partial charge in [0, 0.05) is 20.3 Å². The third kappa shape index (κ3) is 3.34. The Hall–Kier alpha value is -0.840. The molecule has 2 rings (SSSR count). The Balaban J connectivity index is 2.31. The van der Waals surface area contributed by atoms with Crippen molar-refractivity contribution in [3.63, 3.8) is 0 Å². The van der Waals surface area contributed by atoms with Crippen LogP contribution in [0.25, 0.3) is 0 Å². The Labute approximate surface area is 119 Å². The van der Waals surface area contributed by atoms with Crippen LogP contribution in [0.4, 0.5) is 4.39 Å². The van der Waals surface area contributed by atoms with E-state index in [4.69, 9.17) is 5.73 Å². The number of rotatable bonds is 3. The van der Waals surface area contributed by atoms with Gasteiger partial charge in [-0.2, -0.15) is 0 Å². The number of benzene rings is 2. The summed E-state index contributed by atoms with van der Waals surface area (Å²) in [5, 5.41) is 0. The molecule has 1 nitrogen and oxygen atoms in total. The molecule has 0 radical (unpaired) electrons. The van der Waals surface area contributed by atoms with Crippen molar-refractivity contribution >= 4 is 27.7 Å². The average Bonchev–Trinajstić information content (AvgIpc) is 2.34. The Bertz CT molecular complexity index is 540. The molecule has 0 fully saturated rings. The van der Waals surface area contributed by atoms with E-state index in [1.165, 1.54) is 12.1 Å². The van der Waals surface area contributed by atoms with Crippen LogP contribution >= 0.6 is 27.7 Å². The Kier molecular flexibility index (Phi) is 4.43. The number of nitrogens with two attached hydrogens (primary N) is 1. The standard InChI is InChI=1S/C14H13BrFNS/c1-9(17)13-8-11(16)4-7-14(13)18-12-5-2-10(15)3-6-12/h2-9H,17H2,1H3/t9-/m1/s1. The van der Waals surface area contributed by atoms with E-state index in [2.05, 4.69) is 15.9 Å². The monoisotopic (exact) mass is 325 g/mol. The first-order chi connectivity index (χ1) is 8.56. The van der Waals surface area contributed by atoms with Crippen LogP contribution in [0, 0.1) is 5.82 Å². The molecule has 0 aliphatic carbocycles. The predicted molar refractivity (Wildman–Crippen MR) is 77.3 cm³/mol. The molecule has 2 aromatic carbocycles. The first-order valence-electron chi connectivity index (χ1n) is 5.54. The molecule has 0 spiro atoms. The highest BCUT2D eigenvalue weighted by molar-refractivity contribution is 9.10. The lowest BCUT2D eigenvalue weighted by molar-refractivity contribution is 0.619. The third-order valence-corrected chi connectivity index (χ3v) is 4.13. The summed E-state index contributed by atoms with van der Waals surface area (Å²) >= 11 is 4.99. The van der Waals surface area contributed by atoms with Crippen molar-refractivity contribution in [1.82, 2.24) is 0 Å². The van der Waals surface area contributed by atoms with Crippen LogP contribution in [0.15, 0.2) is 56.7 Å². The summed E-state index contributed by atoms with van der Waals surface area (Å²) < 4.78 is 14.3. The van der Waals surface area contributed by atoms with Gasteiger partial charge in [0.1, 0.15) is 5.82 Å². The third-order valence-electron chi connectivity index (χ3n) is 2.50. The van der Waals surface area contributed by atoms with Crippen LogP contribution in [0.3, 0.4) is 0 Å². The van der Waals surface area contributed by atoms with Gasteiger partial charge in [0.2, 0.25) is 0 Å². The fraction of sp³-hybridized carbons (Fsp3) is 0.143. The van der Waals surface area contributed by atoms with Gasteiger partial charge in [-0.3, -0.25) is 0 Å². The van der Waals surface area contributed by atoms with E-state index in [0.717, 1.165) is 19.8 Å². The van der Waals surface area contributed by atoms with E-state index in [9.17, 15) is 4.39 Å². The van der Waals surface area contributed by atoms with Gasteiger partial charge < -0.3 is 5.73 Å². The molecule has 0 saturated carbocycles. The van der Waals surface area contributed by atoms with Crippen molar-refractivity contribution < 1.29 is 4.39 Å². The molecule has 2 N–H and O–H groups in total. The second kappa shape index (κ2) is 5.87. The maximum absolute atomic E-state index is 13.2. The van der Waals surface area contributed by atoms with Crippen LogP contribution in [-0.2, 0) is 0 Å². The van der Waals surface area contributed by atoms with Crippen LogP contribution in [0.2, 0.25) is 0 Å². The van der Waals surface area contributed by atoms with Crippen molar-refractivity contribution in [2.45, 2.75) is 22.8 Å². The predicted octanol–water partition coefficient (Wildman–Crippen LogP) is 4.76. The maximum atomic E-state index is 13.2. The highest BCUT2D eigenvalue weighted by Crippen LogP contribution is 2.33. The van der Waals surface area contributed by atoms with Crippen LogP contribution in [0.5, 0.6) is 0 Å². The van der Waals surface area contributed by atoms with E-state index >= 15 is 0 Å². The van der Waals surface area contributed by atoms with E-state index < -0.39 is 0 Å². The topological polar surface area (TPSA) is 26.0 Å². The molecular weight excluding hydrogens is 313 g/mol. The van der Waals surface area contributed by atoms with Gasteiger partial charge in [-0.25, -0.2) is 4.39 Å². The molecular formula is C14H13BrFNS. The summed E-state index contributed by atoms with van der Waals surface area (Å²) in [4.78, 5) is 2.10. The molecule has 0 saturated heterocycles. The van der Waals surface area contributed by atoms with E-state index in [1.807, 2.05) is 31.2 Å². The molecule has 0 unspecified atom stereocenters. The van der Waals surface area contributed by atoms with Gasteiger partial charge in [-0.05, 0) is 55.0 Å². The summed E-state index contributed by atoms with van der Waals surface area (Å²) in [5.74, 6) is -0.248. The lowest BCUT2D eigenvalue weighted by Crippen LogP contribution is -2.06. The highest BCUT2D eigenvalue weighted by atomic mass is 79.9. The fourth-order valence-electron chi connectivity index (χ4n) is 1.60. The van der Waals surface area contributed by atoms with Crippen molar-refractivity contribution in [3.05, 3.63) is 58.3 Å². The zero-order valence-corrected chi connectivity index (χ0v) is 12.3. The quantitative estimate of drug-likeness (QED) is 0.880. The minimum absolute atomic E-state index is 0.182. The molecule has 0 aliphatic heterocycles. The minimum Gasteiger partial charge on any atom is -0.324 e. The number of hydrogen-bond acceptors (Lipinski definition) is 2. The zero-order valence-electron chi connectivity index (χ0n) is 9.86. The Morgan fingerprint density at radius 2 is 1.83 bits per heavy atom. The van der Waals surface area contributed by atoms with Gasteiger partial charge in [0.05, 0.1) is 0 Å². The molecule has 0 bridgehead atoms. The van der Waals surface area contributed by atoms with E-state index in [1.54, 1.807) is 17.8 Å². The van der Waals surface area contributed by atoms with Crippen LogP contribution < -0.4 is 5.73 Å². The normalized spacial score (nSPS) is 12.4. The molecule has 94 valence electrons. The zero-order chi connectivity index (χ0) is 13.1. The smallest absolute Gasteiger partial charge is 0.123 e. The second-order valence-corrected chi connectivity index (χ2v) is 6.06. The summed E-state index contributed by atoms with van der Waals surface area (Å²) in [7, 11) is 0. The summed E-state index contributed by atoms with van der Waals surface area (Å²) in [5.41, 5.74) is 6.71. The summed E-state index contributed by atoms with van der Waals surface area (Å²) in [6.45, 7) is 1.86. The minimum atomic E-state index is -0.248. The number of halogens is 2. The number of hydrogen-bond donors (Lipinski definition) is 1. The molecule has 1 atom stereocenters. The Morgan fingerprint density at radius 1 is 1.17 bits per heavy atom. The van der Waals surface area contributed by atoms with Gasteiger partial charge in [0.25, 0.3) is 0 Å². The Morgan fingerprint density at radius 3 is 2.44 bits per heavy atom. The SMILES string of the molecule is C[C@@H](N)c1cc(F)ccc1Sc1ccc(Br)cc1.